The van der Waals surface area contributed by atoms with Crippen LogP contribution in [0, 0.1) is 5.92 Å². The summed E-state index contributed by atoms with van der Waals surface area (Å²) >= 11 is 0. The Labute approximate surface area is 199 Å². The second-order valence-corrected chi connectivity index (χ2v) is 12.4. The highest BCUT2D eigenvalue weighted by atomic mass is 31.2. The first-order chi connectivity index (χ1) is 16.0. The molecule has 3 rings (SSSR count). The van der Waals surface area contributed by atoms with Crippen molar-refractivity contribution in [2.24, 2.45) is 5.92 Å². The fraction of sp³-hybridized carbons (Fsp3) is 0.345. The zero-order valence-electron chi connectivity index (χ0n) is 19.8. The number of hydrogen-bond acceptors (Lipinski definition) is 3. The minimum atomic E-state index is -1.80. The highest BCUT2D eigenvalue weighted by Crippen LogP contribution is 2.55. The van der Waals surface area contributed by atoms with E-state index in [4.69, 9.17) is 4.74 Å². The Morgan fingerprint density at radius 3 is 1.64 bits per heavy atom. The Kier molecular flexibility index (Phi) is 9.66. The maximum absolute atomic E-state index is 12.1. The van der Waals surface area contributed by atoms with E-state index in [1.165, 1.54) is 15.9 Å². The van der Waals surface area contributed by atoms with E-state index in [-0.39, 0.29) is 18.5 Å². The van der Waals surface area contributed by atoms with Crippen LogP contribution in [0.15, 0.2) is 91.0 Å². The smallest absolute Gasteiger partial charge is 0.305 e. The van der Waals surface area contributed by atoms with Crippen LogP contribution in [0.2, 0.25) is 0 Å². The van der Waals surface area contributed by atoms with Crippen LogP contribution in [-0.4, -0.2) is 29.9 Å². The van der Waals surface area contributed by atoms with Gasteiger partial charge < -0.3 is 9.84 Å². The predicted octanol–water partition coefficient (Wildman–Crippen LogP) is 5.10. The molecule has 0 aliphatic rings. The SMILES string of the molecule is CC(O)C(C)COC(=O)CCCCC[P+](c1ccccc1)(c1ccccc1)c1ccccc1. The summed E-state index contributed by atoms with van der Waals surface area (Å²) in [4.78, 5) is 12.1. The molecule has 0 spiro atoms. The fourth-order valence-corrected chi connectivity index (χ4v) is 8.52. The van der Waals surface area contributed by atoms with Crippen molar-refractivity contribution in [2.45, 2.75) is 45.6 Å². The van der Waals surface area contributed by atoms with Gasteiger partial charge in [0.25, 0.3) is 0 Å². The highest BCUT2D eigenvalue weighted by Gasteiger charge is 2.44. The molecule has 3 aromatic carbocycles. The summed E-state index contributed by atoms with van der Waals surface area (Å²) in [5.41, 5.74) is 0. The molecular formula is C29H36O3P+. The summed E-state index contributed by atoms with van der Waals surface area (Å²) in [6, 6.07) is 32.7. The van der Waals surface area contributed by atoms with Crippen LogP contribution < -0.4 is 15.9 Å². The van der Waals surface area contributed by atoms with E-state index in [0.29, 0.717) is 6.42 Å². The van der Waals surface area contributed by atoms with Crippen molar-refractivity contribution in [1.29, 1.82) is 0 Å². The minimum Gasteiger partial charge on any atom is -0.465 e. The van der Waals surface area contributed by atoms with Crippen molar-refractivity contribution in [2.75, 3.05) is 12.8 Å². The Morgan fingerprint density at radius 1 is 0.758 bits per heavy atom. The molecule has 0 radical (unpaired) electrons. The zero-order valence-corrected chi connectivity index (χ0v) is 20.7. The van der Waals surface area contributed by atoms with E-state index >= 15 is 0 Å². The third-order valence-corrected chi connectivity index (χ3v) is 10.8. The maximum atomic E-state index is 12.1. The van der Waals surface area contributed by atoms with Gasteiger partial charge in [-0.25, -0.2) is 0 Å². The Hall–Kier alpha value is -2.48. The molecule has 3 aromatic rings. The molecule has 2 unspecified atom stereocenters. The number of ether oxygens (including phenoxy) is 1. The number of carbonyl (C=O) groups excluding carboxylic acids is 1. The lowest BCUT2D eigenvalue weighted by Crippen LogP contribution is -2.33. The Bertz CT molecular complexity index is 861. The van der Waals surface area contributed by atoms with E-state index in [1.54, 1.807) is 6.92 Å². The van der Waals surface area contributed by atoms with Gasteiger partial charge in [-0.3, -0.25) is 4.79 Å². The van der Waals surface area contributed by atoms with Gasteiger partial charge in [-0.2, -0.15) is 0 Å². The van der Waals surface area contributed by atoms with Crippen molar-refractivity contribution in [3.8, 4) is 0 Å². The number of aliphatic hydroxyl groups is 1. The first-order valence-corrected chi connectivity index (χ1v) is 13.9. The van der Waals surface area contributed by atoms with Crippen molar-refractivity contribution in [3.05, 3.63) is 91.0 Å². The summed E-state index contributed by atoms with van der Waals surface area (Å²) in [5.74, 6) is -0.209. The second-order valence-electron chi connectivity index (χ2n) is 8.75. The van der Waals surface area contributed by atoms with Crippen LogP contribution >= 0.6 is 7.26 Å². The molecule has 0 bridgehead atoms. The lowest BCUT2D eigenvalue weighted by atomic mass is 10.1. The highest BCUT2D eigenvalue weighted by molar-refractivity contribution is 7.95. The van der Waals surface area contributed by atoms with Crippen LogP contribution in [0.4, 0.5) is 0 Å². The maximum Gasteiger partial charge on any atom is 0.305 e. The average molecular weight is 464 g/mol. The van der Waals surface area contributed by atoms with Crippen LogP contribution in [0.25, 0.3) is 0 Å². The molecule has 1 N–H and O–H groups in total. The molecule has 0 aliphatic carbocycles. The molecule has 0 aliphatic heterocycles. The van der Waals surface area contributed by atoms with Crippen LogP contribution in [0.1, 0.15) is 39.5 Å². The monoisotopic (exact) mass is 463 g/mol. The predicted molar refractivity (Wildman–Crippen MR) is 140 cm³/mol. The average Bonchev–Trinajstić information content (AvgIpc) is 2.86. The van der Waals surface area contributed by atoms with E-state index in [1.807, 2.05) is 6.92 Å². The van der Waals surface area contributed by atoms with Crippen LogP contribution in [0.5, 0.6) is 0 Å². The first-order valence-electron chi connectivity index (χ1n) is 11.9. The molecule has 0 fully saturated rings. The third-order valence-electron chi connectivity index (χ3n) is 6.30. The third kappa shape index (κ3) is 6.76. The largest absolute Gasteiger partial charge is 0.465 e. The van der Waals surface area contributed by atoms with Crippen molar-refractivity contribution < 1.29 is 14.6 Å². The molecular weight excluding hydrogens is 427 g/mol. The standard InChI is InChI=1S/C29H36O3P/c1-24(25(2)30)23-32-29(31)21-13-6-14-22-33(26-15-7-3-8-16-26,27-17-9-4-10-18-27)28-19-11-5-12-20-28/h3-5,7-12,15-20,24-25,30H,6,13-14,21-23H2,1-2H3/q+1. The molecule has 174 valence electrons. The minimum absolute atomic E-state index is 0.0398. The summed E-state index contributed by atoms with van der Waals surface area (Å²) < 4.78 is 5.33. The van der Waals surface area contributed by atoms with E-state index in [9.17, 15) is 9.90 Å². The number of benzene rings is 3. The van der Waals surface area contributed by atoms with Crippen molar-refractivity contribution in [1.82, 2.24) is 0 Å². The van der Waals surface area contributed by atoms with Gasteiger partial charge in [0.2, 0.25) is 0 Å². The van der Waals surface area contributed by atoms with E-state index in [2.05, 4.69) is 91.0 Å². The molecule has 2 atom stereocenters. The lowest BCUT2D eigenvalue weighted by molar-refractivity contribution is -0.145. The molecule has 0 heterocycles. The summed E-state index contributed by atoms with van der Waals surface area (Å²) in [5, 5.41) is 13.7. The summed E-state index contributed by atoms with van der Waals surface area (Å²) in [6.45, 7) is 3.89. The molecule has 0 saturated carbocycles. The molecule has 0 amide bonds. The number of hydrogen-bond donors (Lipinski definition) is 1. The number of unbranched alkanes of at least 4 members (excludes halogenated alkanes) is 2. The van der Waals surface area contributed by atoms with Gasteiger partial charge in [0, 0.05) is 12.3 Å². The van der Waals surface area contributed by atoms with Gasteiger partial charge in [-0.15, -0.1) is 0 Å². The number of aliphatic hydroxyl groups excluding tert-OH is 1. The van der Waals surface area contributed by atoms with E-state index < -0.39 is 13.4 Å². The second kappa shape index (κ2) is 12.7. The van der Waals surface area contributed by atoms with Gasteiger partial charge in [-0.1, -0.05) is 61.5 Å². The molecule has 3 nitrogen and oxygen atoms in total. The molecule has 4 heteroatoms. The summed E-state index contributed by atoms with van der Waals surface area (Å²) in [6.07, 6.45) is 3.88. The van der Waals surface area contributed by atoms with Gasteiger partial charge in [0.1, 0.15) is 23.2 Å². The van der Waals surface area contributed by atoms with Gasteiger partial charge >= 0.3 is 5.97 Å². The normalized spacial score (nSPS) is 13.3. The van der Waals surface area contributed by atoms with Crippen LogP contribution in [0.3, 0.4) is 0 Å². The number of esters is 1. The first kappa shape index (κ1) is 25.1. The quantitative estimate of drug-likeness (QED) is 0.231. The van der Waals surface area contributed by atoms with Crippen molar-refractivity contribution >= 4 is 29.1 Å². The molecule has 0 saturated heterocycles. The Balaban J connectivity index is 1.72. The van der Waals surface area contributed by atoms with Gasteiger partial charge in [0.15, 0.2) is 0 Å². The summed E-state index contributed by atoms with van der Waals surface area (Å²) in [7, 11) is -1.80. The van der Waals surface area contributed by atoms with Gasteiger partial charge in [0.05, 0.1) is 18.9 Å². The Morgan fingerprint density at radius 2 is 1.21 bits per heavy atom. The van der Waals surface area contributed by atoms with Gasteiger partial charge in [-0.05, 0) is 62.6 Å². The van der Waals surface area contributed by atoms with Crippen LogP contribution in [-0.2, 0) is 9.53 Å². The molecule has 0 aromatic heterocycles. The zero-order chi connectivity index (χ0) is 23.5. The number of carbonyl (C=O) groups is 1. The van der Waals surface area contributed by atoms with E-state index in [0.717, 1.165) is 25.4 Å². The van der Waals surface area contributed by atoms with Crippen molar-refractivity contribution in [3.63, 3.8) is 0 Å². The lowest BCUT2D eigenvalue weighted by Gasteiger charge is -2.27. The molecule has 33 heavy (non-hydrogen) atoms. The topological polar surface area (TPSA) is 46.5 Å². The fourth-order valence-electron chi connectivity index (χ4n) is 4.11. The number of rotatable bonds is 12.